The third-order valence-corrected chi connectivity index (χ3v) is 1.45. The number of rotatable bonds is 2. The average molecular weight is 179 g/mol. The first kappa shape index (κ1) is 9.05. The molecule has 5 heteroatoms. The van der Waals surface area contributed by atoms with E-state index in [1.54, 1.807) is 0 Å². The van der Waals surface area contributed by atoms with E-state index in [1.807, 2.05) is 0 Å². The van der Waals surface area contributed by atoms with Crippen molar-refractivity contribution in [3.05, 3.63) is 24.0 Å². The van der Waals surface area contributed by atoms with E-state index in [2.05, 4.69) is 4.98 Å². The molecule has 0 aliphatic carbocycles. The highest BCUT2D eigenvalue weighted by Crippen LogP contribution is 2.18. The van der Waals surface area contributed by atoms with Gasteiger partial charge in [0.05, 0.1) is 17.6 Å². The SMILES string of the molecule is Nc1cncc(C=CC(=O)O)c1N. The summed E-state index contributed by atoms with van der Waals surface area (Å²) in [7, 11) is 0. The number of nitrogen functional groups attached to an aromatic ring is 2. The van der Waals surface area contributed by atoms with Crippen LogP contribution in [-0.4, -0.2) is 16.1 Å². The summed E-state index contributed by atoms with van der Waals surface area (Å²) in [4.78, 5) is 14.0. The molecule has 13 heavy (non-hydrogen) atoms. The molecular weight excluding hydrogens is 170 g/mol. The van der Waals surface area contributed by atoms with Crippen LogP contribution in [0.4, 0.5) is 11.4 Å². The zero-order valence-corrected chi connectivity index (χ0v) is 6.77. The van der Waals surface area contributed by atoms with Gasteiger partial charge in [-0.1, -0.05) is 0 Å². The summed E-state index contributed by atoms with van der Waals surface area (Å²) >= 11 is 0. The second-order valence-electron chi connectivity index (χ2n) is 2.40. The van der Waals surface area contributed by atoms with Gasteiger partial charge in [-0.25, -0.2) is 4.79 Å². The Hall–Kier alpha value is -2.04. The van der Waals surface area contributed by atoms with E-state index in [1.165, 1.54) is 18.5 Å². The number of carbonyl (C=O) groups is 1. The standard InChI is InChI=1S/C8H9N3O2/c9-6-4-11-3-5(8(6)10)1-2-7(12)13/h1-4H,9H2,(H2,10,11)(H,12,13). The van der Waals surface area contributed by atoms with Crippen molar-refractivity contribution in [1.82, 2.24) is 4.98 Å². The maximum Gasteiger partial charge on any atom is 0.328 e. The third-order valence-electron chi connectivity index (χ3n) is 1.45. The summed E-state index contributed by atoms with van der Waals surface area (Å²) < 4.78 is 0. The molecule has 0 aliphatic heterocycles. The maximum atomic E-state index is 10.2. The smallest absolute Gasteiger partial charge is 0.328 e. The van der Waals surface area contributed by atoms with Gasteiger partial charge in [0.25, 0.3) is 0 Å². The highest BCUT2D eigenvalue weighted by molar-refractivity contribution is 5.87. The van der Waals surface area contributed by atoms with Crippen molar-refractivity contribution < 1.29 is 9.90 Å². The van der Waals surface area contributed by atoms with Gasteiger partial charge in [0.2, 0.25) is 0 Å². The number of carboxylic acids is 1. The lowest BCUT2D eigenvalue weighted by atomic mass is 10.2. The fourth-order valence-corrected chi connectivity index (χ4v) is 0.798. The minimum absolute atomic E-state index is 0.340. The van der Waals surface area contributed by atoms with Gasteiger partial charge in [-0.05, 0) is 6.08 Å². The summed E-state index contributed by atoms with van der Waals surface area (Å²) in [5.74, 6) is -1.04. The van der Waals surface area contributed by atoms with E-state index in [-0.39, 0.29) is 0 Å². The van der Waals surface area contributed by atoms with Gasteiger partial charge in [-0.3, -0.25) is 4.98 Å². The van der Waals surface area contributed by atoms with Crippen molar-refractivity contribution >= 4 is 23.4 Å². The molecule has 0 spiro atoms. The van der Waals surface area contributed by atoms with Gasteiger partial charge in [-0.15, -0.1) is 0 Å². The molecule has 0 unspecified atom stereocenters. The number of pyridine rings is 1. The van der Waals surface area contributed by atoms with Gasteiger partial charge in [0.15, 0.2) is 0 Å². The van der Waals surface area contributed by atoms with Gasteiger partial charge in [0, 0.05) is 17.8 Å². The fourth-order valence-electron chi connectivity index (χ4n) is 0.798. The monoisotopic (exact) mass is 179 g/mol. The molecule has 0 saturated heterocycles. The Morgan fingerprint density at radius 2 is 2.15 bits per heavy atom. The summed E-state index contributed by atoms with van der Waals surface area (Å²) in [6, 6.07) is 0. The molecule has 0 amide bonds. The van der Waals surface area contributed by atoms with Gasteiger partial charge >= 0.3 is 5.97 Å². The Morgan fingerprint density at radius 3 is 2.77 bits per heavy atom. The van der Waals surface area contributed by atoms with Gasteiger partial charge in [0.1, 0.15) is 0 Å². The number of aromatic nitrogens is 1. The lowest BCUT2D eigenvalue weighted by Gasteiger charge is -2.01. The number of aliphatic carboxylic acids is 1. The zero-order valence-electron chi connectivity index (χ0n) is 6.77. The second-order valence-corrected chi connectivity index (χ2v) is 2.40. The van der Waals surface area contributed by atoms with Crippen LogP contribution in [0.1, 0.15) is 5.56 Å². The molecule has 0 fully saturated rings. The van der Waals surface area contributed by atoms with E-state index >= 15 is 0 Å². The molecule has 0 atom stereocenters. The van der Waals surface area contributed by atoms with E-state index in [9.17, 15) is 4.79 Å². The molecule has 1 aromatic rings. The minimum atomic E-state index is -1.04. The summed E-state index contributed by atoms with van der Waals surface area (Å²) in [6.45, 7) is 0. The van der Waals surface area contributed by atoms with Crippen LogP contribution >= 0.6 is 0 Å². The summed E-state index contributed by atoms with van der Waals surface area (Å²) in [6.07, 6.45) is 5.19. The van der Waals surface area contributed by atoms with Gasteiger partial charge in [-0.2, -0.15) is 0 Å². The highest BCUT2D eigenvalue weighted by Gasteiger charge is 1.99. The van der Waals surface area contributed by atoms with Crippen LogP contribution in [0.5, 0.6) is 0 Å². The van der Waals surface area contributed by atoms with Gasteiger partial charge < -0.3 is 16.6 Å². The molecule has 0 aliphatic rings. The first-order valence-electron chi connectivity index (χ1n) is 3.51. The normalized spacial score (nSPS) is 10.5. The van der Waals surface area contributed by atoms with Crippen molar-refractivity contribution in [1.29, 1.82) is 0 Å². The number of hydrogen-bond acceptors (Lipinski definition) is 4. The van der Waals surface area contributed by atoms with E-state index in [4.69, 9.17) is 16.6 Å². The van der Waals surface area contributed by atoms with Crippen molar-refractivity contribution in [3.63, 3.8) is 0 Å². The largest absolute Gasteiger partial charge is 0.478 e. The van der Waals surface area contributed by atoms with Crippen LogP contribution in [0.25, 0.3) is 6.08 Å². The van der Waals surface area contributed by atoms with E-state index in [0.29, 0.717) is 16.9 Å². The molecular formula is C8H9N3O2. The Bertz CT molecular complexity index is 360. The first-order valence-corrected chi connectivity index (χ1v) is 3.51. The lowest BCUT2D eigenvalue weighted by Crippen LogP contribution is -1.98. The quantitative estimate of drug-likeness (QED) is 0.568. The van der Waals surface area contributed by atoms with Crippen LogP contribution < -0.4 is 11.5 Å². The number of anilines is 2. The Labute approximate surface area is 74.7 Å². The maximum absolute atomic E-state index is 10.2. The molecule has 0 saturated carbocycles. The number of nitrogens with two attached hydrogens (primary N) is 2. The Morgan fingerprint density at radius 1 is 1.46 bits per heavy atom. The molecule has 0 aromatic carbocycles. The van der Waals surface area contributed by atoms with E-state index in [0.717, 1.165) is 6.08 Å². The molecule has 1 heterocycles. The molecule has 5 nitrogen and oxygen atoms in total. The molecule has 0 radical (unpaired) electrons. The Kier molecular flexibility index (Phi) is 2.49. The molecule has 0 bridgehead atoms. The third kappa shape index (κ3) is 2.19. The molecule has 68 valence electrons. The van der Waals surface area contributed by atoms with Crippen LogP contribution in [0.3, 0.4) is 0 Å². The van der Waals surface area contributed by atoms with Crippen molar-refractivity contribution in [3.8, 4) is 0 Å². The highest BCUT2D eigenvalue weighted by atomic mass is 16.4. The summed E-state index contributed by atoms with van der Waals surface area (Å²) in [5, 5.41) is 8.36. The second kappa shape index (κ2) is 3.57. The average Bonchev–Trinajstić information content (AvgIpc) is 2.07. The Balaban J connectivity index is 3.02. The van der Waals surface area contributed by atoms with Crippen molar-refractivity contribution in [2.45, 2.75) is 0 Å². The zero-order chi connectivity index (χ0) is 9.84. The van der Waals surface area contributed by atoms with Crippen LogP contribution in [0.2, 0.25) is 0 Å². The molecule has 1 rings (SSSR count). The van der Waals surface area contributed by atoms with Crippen molar-refractivity contribution in [2.24, 2.45) is 0 Å². The fraction of sp³-hybridized carbons (Fsp3) is 0. The number of hydrogen-bond donors (Lipinski definition) is 3. The first-order chi connectivity index (χ1) is 6.11. The molecule has 5 N–H and O–H groups in total. The predicted octanol–water partition coefficient (Wildman–Crippen LogP) is 0.344. The van der Waals surface area contributed by atoms with Crippen LogP contribution in [0.15, 0.2) is 18.5 Å². The van der Waals surface area contributed by atoms with E-state index < -0.39 is 5.97 Å². The van der Waals surface area contributed by atoms with Crippen LogP contribution in [0, 0.1) is 0 Å². The predicted molar refractivity (Wildman–Crippen MR) is 49.7 cm³/mol. The number of carboxylic acid groups (broad SMARTS) is 1. The topological polar surface area (TPSA) is 102 Å². The van der Waals surface area contributed by atoms with Crippen LogP contribution in [-0.2, 0) is 4.79 Å². The minimum Gasteiger partial charge on any atom is -0.478 e. The lowest BCUT2D eigenvalue weighted by molar-refractivity contribution is -0.131. The summed E-state index contributed by atoms with van der Waals surface area (Å²) in [5.41, 5.74) is 12.2. The number of nitrogens with zero attached hydrogens (tertiary/aromatic N) is 1. The van der Waals surface area contributed by atoms with Crippen molar-refractivity contribution in [2.75, 3.05) is 11.5 Å². The molecule has 1 aromatic heterocycles.